The fraction of sp³-hybridized carbons (Fsp3) is 0.900. The van der Waals surface area contributed by atoms with Gasteiger partial charge in [0.05, 0.1) is 0 Å². The van der Waals surface area contributed by atoms with Gasteiger partial charge in [0.25, 0.3) is 0 Å². The Balaban J connectivity index is 3.14. The molecule has 0 N–H and O–H groups in total. The highest BCUT2D eigenvalue weighted by Gasteiger charge is 2.08. The molecule has 2 heteroatoms. The molecule has 1 nitrogen and oxygen atoms in total. The monoisotopic (exact) mass is 190 g/mol. The van der Waals surface area contributed by atoms with Crippen molar-refractivity contribution in [1.29, 1.82) is 0 Å². The Morgan fingerprint density at radius 1 is 1.25 bits per heavy atom. The van der Waals surface area contributed by atoms with E-state index in [0.717, 1.165) is 12.8 Å². The van der Waals surface area contributed by atoms with E-state index in [9.17, 15) is 4.79 Å². The van der Waals surface area contributed by atoms with E-state index in [4.69, 9.17) is 11.6 Å². The van der Waals surface area contributed by atoms with Crippen molar-refractivity contribution in [1.82, 2.24) is 0 Å². The van der Waals surface area contributed by atoms with Gasteiger partial charge in [0, 0.05) is 5.92 Å². The minimum absolute atomic E-state index is 0.0493. The summed E-state index contributed by atoms with van der Waals surface area (Å²) in [7, 11) is 0. The van der Waals surface area contributed by atoms with Crippen molar-refractivity contribution in [3.63, 3.8) is 0 Å². The van der Waals surface area contributed by atoms with E-state index in [2.05, 4.69) is 6.92 Å². The Hall–Kier alpha value is -0.0400. The second-order valence-corrected chi connectivity index (χ2v) is 3.78. The molecule has 0 saturated heterocycles. The van der Waals surface area contributed by atoms with Crippen LogP contribution in [0.3, 0.4) is 0 Å². The number of halogens is 1. The third kappa shape index (κ3) is 6.66. The van der Waals surface area contributed by atoms with Gasteiger partial charge in [-0.1, -0.05) is 46.0 Å². The Kier molecular flexibility index (Phi) is 7.58. The maximum absolute atomic E-state index is 10.6. The maximum atomic E-state index is 10.6. The van der Waals surface area contributed by atoms with E-state index < -0.39 is 0 Å². The van der Waals surface area contributed by atoms with Crippen LogP contribution in [0.1, 0.15) is 52.4 Å². The second kappa shape index (κ2) is 7.60. The number of rotatable bonds is 7. The summed E-state index contributed by atoms with van der Waals surface area (Å²) < 4.78 is 0. The third-order valence-electron chi connectivity index (χ3n) is 2.13. The summed E-state index contributed by atoms with van der Waals surface area (Å²) in [4.78, 5) is 10.6. The van der Waals surface area contributed by atoms with Crippen LogP contribution in [0.2, 0.25) is 0 Å². The predicted molar refractivity (Wildman–Crippen MR) is 53.4 cm³/mol. The molecule has 0 amide bonds. The number of carbonyl (C=O) groups excluding carboxylic acids is 1. The summed E-state index contributed by atoms with van der Waals surface area (Å²) in [5, 5.41) is -0.189. The zero-order valence-corrected chi connectivity index (χ0v) is 8.86. The van der Waals surface area contributed by atoms with Gasteiger partial charge in [-0.25, -0.2) is 0 Å². The van der Waals surface area contributed by atoms with Gasteiger partial charge in [0.15, 0.2) is 0 Å². The lowest BCUT2D eigenvalue weighted by Gasteiger charge is -2.04. The molecular weight excluding hydrogens is 172 g/mol. The summed E-state index contributed by atoms with van der Waals surface area (Å²) in [5.74, 6) is 0.0493. The van der Waals surface area contributed by atoms with Gasteiger partial charge < -0.3 is 0 Å². The maximum Gasteiger partial charge on any atom is 0.224 e. The second-order valence-electron chi connectivity index (χ2n) is 3.41. The highest BCUT2D eigenvalue weighted by Crippen LogP contribution is 2.13. The number of hydrogen-bond acceptors (Lipinski definition) is 1. The van der Waals surface area contributed by atoms with Gasteiger partial charge in [-0.2, -0.15) is 0 Å². The molecule has 0 aliphatic heterocycles. The molecular formula is C10H19ClO. The van der Waals surface area contributed by atoms with Crippen molar-refractivity contribution >= 4 is 16.8 Å². The predicted octanol–water partition coefficient (Wildman–Crippen LogP) is 3.75. The van der Waals surface area contributed by atoms with Crippen LogP contribution >= 0.6 is 11.6 Å². The van der Waals surface area contributed by atoms with Crippen molar-refractivity contribution in [2.24, 2.45) is 5.92 Å². The van der Waals surface area contributed by atoms with Gasteiger partial charge in [0.1, 0.15) is 0 Å². The summed E-state index contributed by atoms with van der Waals surface area (Å²) in [6, 6.07) is 0. The molecule has 0 fully saturated rings. The van der Waals surface area contributed by atoms with Crippen LogP contribution in [0.5, 0.6) is 0 Å². The standard InChI is InChI=1S/C10H19ClO/c1-3-4-5-6-7-8-9(2)10(11)12/h9H,3-8H2,1-2H3/t9-/m1/s1. The molecule has 0 saturated carbocycles. The molecule has 0 aromatic heterocycles. The molecule has 0 rings (SSSR count). The van der Waals surface area contributed by atoms with E-state index in [1.165, 1.54) is 25.7 Å². The Morgan fingerprint density at radius 3 is 2.33 bits per heavy atom. The van der Waals surface area contributed by atoms with Gasteiger partial charge in [-0.3, -0.25) is 4.79 Å². The first kappa shape index (κ1) is 12.0. The molecule has 0 aliphatic rings. The lowest BCUT2D eigenvalue weighted by Crippen LogP contribution is -2.02. The van der Waals surface area contributed by atoms with E-state index in [1.807, 2.05) is 6.92 Å². The summed E-state index contributed by atoms with van der Waals surface area (Å²) in [5.41, 5.74) is 0. The Labute approximate surface area is 80.5 Å². The van der Waals surface area contributed by atoms with Gasteiger partial charge in [-0.15, -0.1) is 0 Å². The van der Waals surface area contributed by atoms with E-state index in [0.29, 0.717) is 0 Å². The zero-order valence-electron chi connectivity index (χ0n) is 8.11. The molecule has 72 valence electrons. The molecule has 0 heterocycles. The van der Waals surface area contributed by atoms with Gasteiger partial charge in [0.2, 0.25) is 5.24 Å². The zero-order chi connectivity index (χ0) is 9.40. The van der Waals surface area contributed by atoms with Crippen molar-refractivity contribution in [3.8, 4) is 0 Å². The van der Waals surface area contributed by atoms with Crippen LogP contribution in [0, 0.1) is 5.92 Å². The molecule has 0 unspecified atom stereocenters. The first-order chi connectivity index (χ1) is 5.68. The van der Waals surface area contributed by atoms with E-state index in [-0.39, 0.29) is 11.2 Å². The summed E-state index contributed by atoms with van der Waals surface area (Å²) >= 11 is 5.33. The van der Waals surface area contributed by atoms with Crippen LogP contribution in [0.4, 0.5) is 0 Å². The number of carbonyl (C=O) groups is 1. The SMILES string of the molecule is CCCCCCC[C@@H](C)C(=O)Cl. The van der Waals surface area contributed by atoms with Gasteiger partial charge >= 0.3 is 0 Å². The largest absolute Gasteiger partial charge is 0.281 e. The van der Waals surface area contributed by atoms with Gasteiger partial charge in [-0.05, 0) is 18.0 Å². The van der Waals surface area contributed by atoms with E-state index in [1.54, 1.807) is 0 Å². The van der Waals surface area contributed by atoms with Crippen molar-refractivity contribution in [3.05, 3.63) is 0 Å². The van der Waals surface area contributed by atoms with Crippen LogP contribution in [-0.2, 0) is 4.79 Å². The number of unbranched alkanes of at least 4 members (excludes halogenated alkanes) is 4. The highest BCUT2D eigenvalue weighted by molar-refractivity contribution is 6.63. The lowest BCUT2D eigenvalue weighted by molar-refractivity contribution is -0.114. The Morgan fingerprint density at radius 2 is 1.83 bits per heavy atom. The van der Waals surface area contributed by atoms with Crippen LogP contribution < -0.4 is 0 Å². The third-order valence-corrected chi connectivity index (χ3v) is 2.50. The fourth-order valence-electron chi connectivity index (χ4n) is 1.17. The molecule has 12 heavy (non-hydrogen) atoms. The summed E-state index contributed by atoms with van der Waals surface area (Å²) in [6.07, 6.45) is 7.20. The van der Waals surface area contributed by atoms with Crippen LogP contribution in [-0.4, -0.2) is 5.24 Å². The highest BCUT2D eigenvalue weighted by atomic mass is 35.5. The fourth-order valence-corrected chi connectivity index (χ4v) is 1.28. The normalized spacial score (nSPS) is 12.9. The van der Waals surface area contributed by atoms with E-state index >= 15 is 0 Å². The topological polar surface area (TPSA) is 17.1 Å². The van der Waals surface area contributed by atoms with Crippen molar-refractivity contribution in [2.45, 2.75) is 52.4 Å². The average Bonchev–Trinajstić information content (AvgIpc) is 2.03. The molecule has 1 atom stereocenters. The lowest BCUT2D eigenvalue weighted by atomic mass is 10.0. The summed E-state index contributed by atoms with van der Waals surface area (Å²) in [6.45, 7) is 4.10. The van der Waals surface area contributed by atoms with Crippen molar-refractivity contribution in [2.75, 3.05) is 0 Å². The molecule has 0 aromatic carbocycles. The quantitative estimate of drug-likeness (QED) is 0.442. The molecule has 0 aliphatic carbocycles. The molecule has 0 aromatic rings. The molecule has 0 bridgehead atoms. The first-order valence-corrected chi connectivity index (χ1v) is 5.25. The van der Waals surface area contributed by atoms with Crippen LogP contribution in [0.15, 0.2) is 0 Å². The molecule has 0 spiro atoms. The average molecular weight is 191 g/mol. The molecule has 0 radical (unpaired) electrons. The number of hydrogen-bond donors (Lipinski definition) is 0. The minimum atomic E-state index is -0.189. The first-order valence-electron chi connectivity index (χ1n) is 4.87. The smallest absolute Gasteiger partial charge is 0.224 e. The van der Waals surface area contributed by atoms with Crippen molar-refractivity contribution < 1.29 is 4.79 Å². The minimum Gasteiger partial charge on any atom is -0.281 e. The van der Waals surface area contributed by atoms with Crippen LogP contribution in [0.25, 0.3) is 0 Å². The Bertz CT molecular complexity index is 123.